The molecule has 0 unspecified atom stereocenters. The van der Waals surface area contributed by atoms with E-state index in [4.69, 9.17) is 0 Å². The molecule has 0 aliphatic carbocycles. The third-order valence-electron chi connectivity index (χ3n) is 3.07. The topological polar surface area (TPSA) is 24.4 Å². The van der Waals surface area contributed by atoms with Crippen LogP contribution in [0.2, 0.25) is 0 Å². The number of amidine groups is 1. The van der Waals surface area contributed by atoms with Gasteiger partial charge in [-0.1, -0.05) is 28.1 Å². The second-order valence-electron chi connectivity index (χ2n) is 4.32. The summed E-state index contributed by atoms with van der Waals surface area (Å²) in [4.78, 5) is 4.49. The van der Waals surface area contributed by atoms with Crippen LogP contribution in [0.5, 0.6) is 0 Å². The SMILES string of the molecule is Cc1cc2ccc(Br)cc2cc1C1=NCCN1. The summed E-state index contributed by atoms with van der Waals surface area (Å²) in [6, 6.07) is 10.8. The van der Waals surface area contributed by atoms with Crippen molar-refractivity contribution in [2.45, 2.75) is 6.92 Å². The largest absolute Gasteiger partial charge is 0.368 e. The smallest absolute Gasteiger partial charge is 0.128 e. The Labute approximate surface area is 109 Å². The van der Waals surface area contributed by atoms with Crippen molar-refractivity contribution in [2.75, 3.05) is 13.1 Å². The van der Waals surface area contributed by atoms with E-state index in [-0.39, 0.29) is 0 Å². The van der Waals surface area contributed by atoms with Crippen molar-refractivity contribution >= 4 is 32.5 Å². The molecule has 1 N–H and O–H groups in total. The zero-order valence-electron chi connectivity index (χ0n) is 9.63. The monoisotopic (exact) mass is 288 g/mol. The minimum absolute atomic E-state index is 0.880. The Kier molecular flexibility index (Phi) is 2.63. The van der Waals surface area contributed by atoms with Crippen LogP contribution in [-0.2, 0) is 0 Å². The minimum atomic E-state index is 0.880. The summed E-state index contributed by atoms with van der Waals surface area (Å²) < 4.78 is 1.11. The number of halogens is 1. The molecule has 1 aliphatic rings. The predicted molar refractivity (Wildman–Crippen MR) is 75.8 cm³/mol. The number of hydrogen-bond donors (Lipinski definition) is 1. The lowest BCUT2D eigenvalue weighted by Crippen LogP contribution is -2.20. The normalized spacial score (nSPS) is 14.8. The number of rotatable bonds is 1. The van der Waals surface area contributed by atoms with Crippen molar-refractivity contribution in [1.29, 1.82) is 0 Å². The summed E-state index contributed by atoms with van der Waals surface area (Å²) in [7, 11) is 0. The molecule has 0 radical (unpaired) electrons. The van der Waals surface area contributed by atoms with Gasteiger partial charge in [-0.15, -0.1) is 0 Å². The lowest BCUT2D eigenvalue weighted by Gasteiger charge is -2.09. The Hall–Kier alpha value is -1.35. The first-order valence-corrected chi connectivity index (χ1v) is 6.52. The first-order chi connectivity index (χ1) is 8.24. The van der Waals surface area contributed by atoms with Crippen molar-refractivity contribution < 1.29 is 0 Å². The molecule has 3 rings (SSSR count). The molecule has 2 aromatic rings. The van der Waals surface area contributed by atoms with Crippen LogP contribution in [0.3, 0.4) is 0 Å². The highest BCUT2D eigenvalue weighted by molar-refractivity contribution is 9.10. The lowest BCUT2D eigenvalue weighted by molar-refractivity contribution is 0.960. The summed E-state index contributed by atoms with van der Waals surface area (Å²) >= 11 is 3.51. The number of benzene rings is 2. The highest BCUT2D eigenvalue weighted by Crippen LogP contribution is 2.24. The Morgan fingerprint density at radius 2 is 2.06 bits per heavy atom. The molecular weight excluding hydrogens is 276 g/mol. The maximum absolute atomic E-state index is 4.49. The summed E-state index contributed by atoms with van der Waals surface area (Å²) in [5, 5.41) is 5.85. The van der Waals surface area contributed by atoms with Gasteiger partial charge in [-0.3, -0.25) is 4.99 Å². The highest BCUT2D eigenvalue weighted by Gasteiger charge is 2.11. The van der Waals surface area contributed by atoms with E-state index >= 15 is 0 Å². The predicted octanol–water partition coefficient (Wildman–Crippen LogP) is 3.26. The molecule has 1 aliphatic heterocycles. The van der Waals surface area contributed by atoms with E-state index < -0.39 is 0 Å². The van der Waals surface area contributed by atoms with Crippen molar-refractivity contribution in [3.8, 4) is 0 Å². The summed E-state index contributed by atoms with van der Waals surface area (Å²) in [5.41, 5.74) is 2.49. The van der Waals surface area contributed by atoms with Gasteiger partial charge in [-0.05, 0) is 41.5 Å². The van der Waals surface area contributed by atoms with E-state index in [1.54, 1.807) is 0 Å². The molecule has 17 heavy (non-hydrogen) atoms. The van der Waals surface area contributed by atoms with Gasteiger partial charge in [0.1, 0.15) is 5.84 Å². The molecule has 0 bridgehead atoms. The zero-order valence-corrected chi connectivity index (χ0v) is 11.2. The molecule has 0 saturated carbocycles. The Bertz CT molecular complexity index is 617. The molecule has 2 nitrogen and oxygen atoms in total. The van der Waals surface area contributed by atoms with Crippen LogP contribution < -0.4 is 5.32 Å². The molecule has 0 amide bonds. The van der Waals surface area contributed by atoms with E-state index in [2.05, 4.69) is 63.5 Å². The van der Waals surface area contributed by atoms with Crippen LogP contribution in [-0.4, -0.2) is 18.9 Å². The second kappa shape index (κ2) is 4.15. The second-order valence-corrected chi connectivity index (χ2v) is 5.23. The van der Waals surface area contributed by atoms with Crippen molar-refractivity contribution in [3.05, 3.63) is 45.9 Å². The molecular formula is C14H13BrN2. The fourth-order valence-electron chi connectivity index (χ4n) is 2.22. The molecule has 86 valence electrons. The molecule has 0 atom stereocenters. The molecule has 0 spiro atoms. The zero-order chi connectivity index (χ0) is 11.8. The number of fused-ring (bicyclic) bond motifs is 1. The van der Waals surface area contributed by atoms with Crippen LogP contribution in [0.4, 0.5) is 0 Å². The van der Waals surface area contributed by atoms with Crippen molar-refractivity contribution in [3.63, 3.8) is 0 Å². The number of nitrogens with zero attached hydrogens (tertiary/aromatic N) is 1. The van der Waals surface area contributed by atoms with Crippen molar-refractivity contribution in [2.24, 2.45) is 4.99 Å². The van der Waals surface area contributed by atoms with Gasteiger partial charge in [0.15, 0.2) is 0 Å². The summed E-state index contributed by atoms with van der Waals surface area (Å²) in [6.07, 6.45) is 0. The van der Waals surface area contributed by atoms with Crippen LogP contribution in [0, 0.1) is 6.92 Å². The maximum Gasteiger partial charge on any atom is 0.128 e. The van der Waals surface area contributed by atoms with Crippen LogP contribution >= 0.6 is 15.9 Å². The minimum Gasteiger partial charge on any atom is -0.368 e. The number of hydrogen-bond acceptors (Lipinski definition) is 2. The molecule has 0 saturated heterocycles. The van der Waals surface area contributed by atoms with Gasteiger partial charge >= 0.3 is 0 Å². The van der Waals surface area contributed by atoms with E-state index in [1.807, 2.05) is 0 Å². The van der Waals surface area contributed by atoms with Gasteiger partial charge < -0.3 is 5.32 Å². The van der Waals surface area contributed by atoms with Gasteiger partial charge in [0, 0.05) is 16.6 Å². The van der Waals surface area contributed by atoms with Gasteiger partial charge in [0.05, 0.1) is 6.54 Å². The summed E-state index contributed by atoms with van der Waals surface area (Å²) in [5.74, 6) is 1.03. The Balaban J connectivity index is 2.21. The molecule has 1 heterocycles. The Morgan fingerprint density at radius 1 is 1.18 bits per heavy atom. The molecule has 3 heteroatoms. The fourth-order valence-corrected chi connectivity index (χ4v) is 2.59. The Morgan fingerprint density at radius 3 is 2.82 bits per heavy atom. The van der Waals surface area contributed by atoms with E-state index in [1.165, 1.54) is 21.9 Å². The van der Waals surface area contributed by atoms with Gasteiger partial charge in [-0.25, -0.2) is 0 Å². The van der Waals surface area contributed by atoms with E-state index in [0.29, 0.717) is 0 Å². The van der Waals surface area contributed by atoms with Crippen LogP contribution in [0.25, 0.3) is 10.8 Å². The number of aryl methyl sites for hydroxylation is 1. The van der Waals surface area contributed by atoms with Gasteiger partial charge in [0.25, 0.3) is 0 Å². The first-order valence-electron chi connectivity index (χ1n) is 5.73. The van der Waals surface area contributed by atoms with E-state index in [0.717, 1.165) is 23.4 Å². The standard InChI is InChI=1S/C14H13BrN2/c1-9-6-10-2-3-12(15)7-11(10)8-13(9)14-16-4-5-17-14/h2-3,6-8H,4-5H2,1H3,(H,16,17). The highest BCUT2D eigenvalue weighted by atomic mass is 79.9. The molecule has 2 aromatic carbocycles. The third kappa shape index (κ3) is 1.95. The summed E-state index contributed by atoms with van der Waals surface area (Å²) in [6.45, 7) is 3.97. The first kappa shape index (κ1) is 10.8. The maximum atomic E-state index is 4.49. The number of aliphatic imine (C=N–C) groups is 1. The molecule has 0 fully saturated rings. The average molecular weight is 289 g/mol. The average Bonchev–Trinajstić information content (AvgIpc) is 2.82. The van der Waals surface area contributed by atoms with Crippen LogP contribution in [0.15, 0.2) is 39.8 Å². The lowest BCUT2D eigenvalue weighted by atomic mass is 10.0. The molecule has 0 aromatic heterocycles. The van der Waals surface area contributed by atoms with Crippen LogP contribution in [0.1, 0.15) is 11.1 Å². The van der Waals surface area contributed by atoms with Gasteiger partial charge in [0.2, 0.25) is 0 Å². The van der Waals surface area contributed by atoms with Crippen molar-refractivity contribution in [1.82, 2.24) is 5.32 Å². The van der Waals surface area contributed by atoms with Gasteiger partial charge in [-0.2, -0.15) is 0 Å². The van der Waals surface area contributed by atoms with E-state index in [9.17, 15) is 0 Å². The number of nitrogens with one attached hydrogen (secondary N) is 1. The fraction of sp³-hybridized carbons (Fsp3) is 0.214. The quantitative estimate of drug-likeness (QED) is 0.856. The third-order valence-corrected chi connectivity index (χ3v) is 3.57.